The van der Waals surface area contributed by atoms with Gasteiger partial charge in [-0.05, 0) is 73.4 Å². The molecule has 0 unspecified atom stereocenters. The van der Waals surface area contributed by atoms with E-state index in [1.807, 2.05) is 29.2 Å². The fourth-order valence-corrected chi connectivity index (χ4v) is 4.49. The maximum atomic E-state index is 13.6. The van der Waals surface area contributed by atoms with E-state index in [-0.39, 0.29) is 11.7 Å². The molecule has 0 saturated carbocycles. The van der Waals surface area contributed by atoms with Crippen molar-refractivity contribution in [3.8, 4) is 17.0 Å². The number of carbonyl (C=O) groups excluding carboxylic acids is 1. The van der Waals surface area contributed by atoms with E-state index in [2.05, 4.69) is 10.2 Å². The van der Waals surface area contributed by atoms with Gasteiger partial charge in [-0.2, -0.15) is 5.10 Å². The highest BCUT2D eigenvalue weighted by atomic mass is 35.5. The van der Waals surface area contributed by atoms with Gasteiger partial charge in [0.05, 0.1) is 32.4 Å². The Bertz CT molecular complexity index is 1390. The molecule has 34 heavy (non-hydrogen) atoms. The summed E-state index contributed by atoms with van der Waals surface area (Å²) in [6, 6.07) is 14.0. The average Bonchev–Trinajstić information content (AvgIpc) is 3.28. The highest BCUT2D eigenvalue weighted by Crippen LogP contribution is 2.30. The molecule has 0 atom stereocenters. The van der Waals surface area contributed by atoms with Crippen LogP contribution in [0.25, 0.3) is 34.4 Å². The zero-order chi connectivity index (χ0) is 23.7. The third-order valence-electron chi connectivity index (χ3n) is 5.97. The third-order valence-corrected chi connectivity index (χ3v) is 6.71. The van der Waals surface area contributed by atoms with Crippen LogP contribution < -0.4 is 0 Å². The normalized spacial score (nSPS) is 14.2. The van der Waals surface area contributed by atoms with Crippen LogP contribution in [0.3, 0.4) is 0 Å². The Balaban J connectivity index is 1.61. The predicted octanol–water partition coefficient (Wildman–Crippen LogP) is 6.43. The van der Waals surface area contributed by atoms with E-state index in [0.717, 1.165) is 43.5 Å². The maximum absolute atomic E-state index is 13.6. The van der Waals surface area contributed by atoms with E-state index < -0.39 is 0 Å². The standard InChI is InChI=1S/C26H22Cl2N4O2/c27-20-10-4-16(14-21(20)28)5-11-22-24-19(26(34)32-12-2-1-3-13-32)15-23(29-25(24)31-30-22)17-6-8-18(33)9-7-17/h4-11,14-15,33H,1-3,12-13H2,(H,29,30,31)/b11-5+. The minimum absolute atomic E-state index is 0.0299. The van der Waals surface area contributed by atoms with E-state index in [9.17, 15) is 9.90 Å². The molecule has 5 rings (SSSR count). The number of aromatic hydroxyl groups is 1. The van der Waals surface area contributed by atoms with E-state index in [1.165, 1.54) is 0 Å². The lowest BCUT2D eigenvalue weighted by atomic mass is 10.0. The number of benzene rings is 2. The van der Waals surface area contributed by atoms with Crippen LogP contribution in [-0.2, 0) is 0 Å². The Hall–Kier alpha value is -3.35. The van der Waals surface area contributed by atoms with Gasteiger partial charge in [0.2, 0.25) is 0 Å². The monoisotopic (exact) mass is 492 g/mol. The molecule has 0 bridgehead atoms. The minimum atomic E-state index is -0.0299. The molecule has 1 fully saturated rings. The van der Waals surface area contributed by atoms with Crippen LogP contribution in [-0.4, -0.2) is 44.2 Å². The lowest BCUT2D eigenvalue weighted by molar-refractivity contribution is 0.0726. The molecule has 0 radical (unpaired) electrons. The number of amides is 1. The lowest BCUT2D eigenvalue weighted by Gasteiger charge is -2.27. The summed E-state index contributed by atoms with van der Waals surface area (Å²) in [7, 11) is 0. The number of nitrogens with zero attached hydrogens (tertiary/aromatic N) is 3. The molecule has 1 aliphatic rings. The molecule has 6 nitrogen and oxygen atoms in total. The zero-order valence-electron chi connectivity index (χ0n) is 18.3. The average molecular weight is 493 g/mol. The van der Waals surface area contributed by atoms with Gasteiger partial charge in [-0.1, -0.05) is 35.3 Å². The van der Waals surface area contributed by atoms with Gasteiger partial charge in [0.25, 0.3) is 5.91 Å². The molecule has 8 heteroatoms. The Morgan fingerprint density at radius 3 is 2.47 bits per heavy atom. The lowest BCUT2D eigenvalue weighted by Crippen LogP contribution is -2.35. The number of rotatable bonds is 4. The first kappa shape index (κ1) is 22.4. The van der Waals surface area contributed by atoms with Gasteiger partial charge in [0.1, 0.15) is 5.75 Å². The number of halogens is 2. The van der Waals surface area contributed by atoms with Crippen LogP contribution in [0, 0.1) is 0 Å². The summed E-state index contributed by atoms with van der Waals surface area (Å²) in [6.07, 6.45) is 6.89. The maximum Gasteiger partial charge on any atom is 0.254 e. The number of hydrogen-bond acceptors (Lipinski definition) is 4. The fraction of sp³-hybridized carbons (Fsp3) is 0.192. The zero-order valence-corrected chi connectivity index (χ0v) is 19.8. The SMILES string of the molecule is O=C(c1cc(-c2ccc(O)cc2)nc2n[nH]c(/C=C/c3ccc(Cl)c(Cl)c3)c12)N1CCCCC1. The van der Waals surface area contributed by atoms with Crippen molar-refractivity contribution < 1.29 is 9.90 Å². The number of fused-ring (bicyclic) bond motifs is 1. The quantitative estimate of drug-likeness (QED) is 0.343. The van der Waals surface area contributed by atoms with Crippen molar-refractivity contribution >= 4 is 52.3 Å². The van der Waals surface area contributed by atoms with Crippen molar-refractivity contribution in [3.63, 3.8) is 0 Å². The molecule has 1 saturated heterocycles. The second-order valence-electron chi connectivity index (χ2n) is 8.30. The van der Waals surface area contributed by atoms with Gasteiger partial charge in [-0.3, -0.25) is 9.89 Å². The van der Waals surface area contributed by atoms with Crippen molar-refractivity contribution in [1.29, 1.82) is 0 Å². The molecule has 0 aliphatic carbocycles. The number of likely N-dealkylation sites (tertiary alicyclic amines) is 1. The molecule has 2 aromatic heterocycles. The second-order valence-corrected chi connectivity index (χ2v) is 9.11. The summed E-state index contributed by atoms with van der Waals surface area (Å²) in [5.74, 6) is 0.140. The summed E-state index contributed by atoms with van der Waals surface area (Å²) in [4.78, 5) is 20.2. The molecular weight excluding hydrogens is 471 g/mol. The molecular formula is C26H22Cl2N4O2. The first-order valence-electron chi connectivity index (χ1n) is 11.1. The molecule has 172 valence electrons. The first-order chi connectivity index (χ1) is 16.5. The molecule has 1 aliphatic heterocycles. The van der Waals surface area contributed by atoms with Crippen molar-refractivity contribution in [3.05, 3.63) is 75.4 Å². The molecule has 3 heterocycles. The number of H-pyrrole nitrogens is 1. The van der Waals surface area contributed by atoms with E-state index >= 15 is 0 Å². The van der Waals surface area contributed by atoms with Crippen molar-refractivity contribution in [1.82, 2.24) is 20.1 Å². The fourth-order valence-electron chi connectivity index (χ4n) is 4.18. The molecule has 1 amide bonds. The smallest absolute Gasteiger partial charge is 0.254 e. The summed E-state index contributed by atoms with van der Waals surface area (Å²) in [6.45, 7) is 1.48. The number of phenols is 1. The van der Waals surface area contributed by atoms with Crippen LogP contribution in [0.5, 0.6) is 5.75 Å². The summed E-state index contributed by atoms with van der Waals surface area (Å²) in [5.41, 5.74) is 3.99. The number of carbonyl (C=O) groups is 1. The number of phenolic OH excluding ortho intramolecular Hbond substituents is 1. The summed E-state index contributed by atoms with van der Waals surface area (Å²) in [5, 5.41) is 18.7. The molecule has 4 aromatic rings. The predicted molar refractivity (Wildman–Crippen MR) is 136 cm³/mol. The Morgan fingerprint density at radius 1 is 0.971 bits per heavy atom. The molecule has 2 aromatic carbocycles. The first-order valence-corrected chi connectivity index (χ1v) is 11.9. The van der Waals surface area contributed by atoms with Gasteiger partial charge >= 0.3 is 0 Å². The van der Waals surface area contributed by atoms with Gasteiger partial charge in [-0.25, -0.2) is 4.98 Å². The number of aromatic amines is 1. The summed E-state index contributed by atoms with van der Waals surface area (Å²) >= 11 is 12.2. The summed E-state index contributed by atoms with van der Waals surface area (Å²) < 4.78 is 0. The second kappa shape index (κ2) is 9.49. The van der Waals surface area contributed by atoms with E-state index in [4.69, 9.17) is 28.2 Å². The number of nitrogens with one attached hydrogen (secondary N) is 1. The topological polar surface area (TPSA) is 82.1 Å². The van der Waals surface area contributed by atoms with Crippen LogP contribution in [0.1, 0.15) is 40.9 Å². The number of pyridine rings is 1. The highest BCUT2D eigenvalue weighted by Gasteiger charge is 2.24. The van der Waals surface area contributed by atoms with Crippen LogP contribution >= 0.6 is 23.2 Å². The number of aromatic nitrogens is 3. The van der Waals surface area contributed by atoms with Crippen LogP contribution in [0.15, 0.2) is 48.5 Å². The highest BCUT2D eigenvalue weighted by molar-refractivity contribution is 6.42. The minimum Gasteiger partial charge on any atom is -0.508 e. The molecule has 0 spiro atoms. The van der Waals surface area contributed by atoms with Crippen molar-refractivity contribution in [2.75, 3.05) is 13.1 Å². The van der Waals surface area contributed by atoms with Crippen LogP contribution in [0.4, 0.5) is 0 Å². The molecule has 2 N–H and O–H groups in total. The van der Waals surface area contributed by atoms with E-state index in [0.29, 0.717) is 38.0 Å². The number of hydrogen-bond donors (Lipinski definition) is 2. The third kappa shape index (κ3) is 4.52. The number of piperidine rings is 1. The Labute approximate surface area is 206 Å². The van der Waals surface area contributed by atoms with E-state index in [1.54, 1.807) is 36.4 Å². The van der Waals surface area contributed by atoms with Gasteiger partial charge in [0, 0.05) is 18.7 Å². The van der Waals surface area contributed by atoms with Crippen molar-refractivity contribution in [2.45, 2.75) is 19.3 Å². The van der Waals surface area contributed by atoms with Crippen molar-refractivity contribution in [2.24, 2.45) is 0 Å². The van der Waals surface area contributed by atoms with Gasteiger partial charge < -0.3 is 10.0 Å². The van der Waals surface area contributed by atoms with Gasteiger partial charge in [0.15, 0.2) is 5.65 Å². The Morgan fingerprint density at radius 2 is 1.74 bits per heavy atom. The largest absolute Gasteiger partial charge is 0.508 e. The Kier molecular flexibility index (Phi) is 6.26. The van der Waals surface area contributed by atoms with Gasteiger partial charge in [-0.15, -0.1) is 0 Å². The van der Waals surface area contributed by atoms with Crippen LogP contribution in [0.2, 0.25) is 10.0 Å².